The zero-order valence-corrected chi connectivity index (χ0v) is 20.9. The summed E-state index contributed by atoms with van der Waals surface area (Å²) in [7, 11) is 1.69. The lowest BCUT2D eigenvalue weighted by Gasteiger charge is -2.25. The Labute approximate surface area is 208 Å². The zero-order chi connectivity index (χ0) is 24.9. The first kappa shape index (κ1) is 25.3. The van der Waals surface area contributed by atoms with E-state index in [-0.39, 0.29) is 5.28 Å². The Bertz CT molecular complexity index is 1210. The standard InChI is InChI=1S/C24H26Cl2N6O2/c1-24(2,3)34-23(33)32(4)14-17-7-8-19(30-21-20(25)13-29-22(26)31-21)10-16(17)6-5-15-9-18(27)12-28-11-15/h5-13H,14,27H2,1-4H3,(H,29,30,31)/b6-5+. The second kappa shape index (κ2) is 10.7. The Balaban J connectivity index is 1.92. The number of nitrogen functional groups attached to an aromatic ring is 1. The molecule has 3 rings (SSSR count). The normalized spacial score (nSPS) is 11.5. The lowest BCUT2D eigenvalue weighted by atomic mass is 10.0. The van der Waals surface area contributed by atoms with Gasteiger partial charge in [0.25, 0.3) is 0 Å². The number of carbonyl (C=O) groups is 1. The Kier molecular flexibility index (Phi) is 7.96. The summed E-state index contributed by atoms with van der Waals surface area (Å²) in [6.45, 7) is 5.83. The first-order valence-electron chi connectivity index (χ1n) is 10.4. The highest BCUT2D eigenvalue weighted by molar-refractivity contribution is 6.33. The molecule has 0 aliphatic heterocycles. The Hall–Kier alpha value is -3.36. The van der Waals surface area contributed by atoms with Gasteiger partial charge in [-0.2, -0.15) is 4.98 Å². The van der Waals surface area contributed by atoms with E-state index in [0.717, 1.165) is 22.4 Å². The molecule has 0 radical (unpaired) electrons. The van der Waals surface area contributed by atoms with Crippen LogP contribution in [0.25, 0.3) is 12.2 Å². The van der Waals surface area contributed by atoms with Crippen molar-refractivity contribution < 1.29 is 9.53 Å². The van der Waals surface area contributed by atoms with E-state index in [4.69, 9.17) is 33.7 Å². The monoisotopic (exact) mass is 500 g/mol. The molecule has 0 spiro atoms. The van der Waals surface area contributed by atoms with Crippen molar-refractivity contribution in [3.8, 4) is 0 Å². The van der Waals surface area contributed by atoms with Crippen molar-refractivity contribution in [2.45, 2.75) is 32.9 Å². The van der Waals surface area contributed by atoms with Crippen LogP contribution in [0.2, 0.25) is 10.3 Å². The van der Waals surface area contributed by atoms with Gasteiger partial charge in [0.2, 0.25) is 5.28 Å². The van der Waals surface area contributed by atoms with Gasteiger partial charge in [-0.1, -0.05) is 29.8 Å². The van der Waals surface area contributed by atoms with Crippen LogP contribution in [0.1, 0.15) is 37.5 Å². The molecular formula is C24H26Cl2N6O2. The van der Waals surface area contributed by atoms with Crippen molar-refractivity contribution in [2.24, 2.45) is 0 Å². The van der Waals surface area contributed by atoms with E-state index in [1.807, 2.05) is 57.2 Å². The fraction of sp³-hybridized carbons (Fsp3) is 0.250. The number of hydrogen-bond acceptors (Lipinski definition) is 7. The summed E-state index contributed by atoms with van der Waals surface area (Å²) >= 11 is 12.1. The van der Waals surface area contributed by atoms with E-state index in [1.54, 1.807) is 19.4 Å². The first-order chi connectivity index (χ1) is 16.0. The average Bonchev–Trinajstić information content (AvgIpc) is 2.75. The molecule has 34 heavy (non-hydrogen) atoms. The van der Waals surface area contributed by atoms with Gasteiger partial charge in [-0.3, -0.25) is 4.98 Å². The quantitative estimate of drug-likeness (QED) is 0.397. The number of pyridine rings is 1. The number of halogens is 2. The van der Waals surface area contributed by atoms with Gasteiger partial charge in [0.05, 0.1) is 11.9 Å². The van der Waals surface area contributed by atoms with Crippen LogP contribution >= 0.6 is 23.2 Å². The van der Waals surface area contributed by atoms with Gasteiger partial charge in [0, 0.05) is 31.7 Å². The predicted molar refractivity (Wildman–Crippen MR) is 137 cm³/mol. The van der Waals surface area contributed by atoms with E-state index in [1.165, 1.54) is 11.1 Å². The van der Waals surface area contributed by atoms with Crippen LogP contribution < -0.4 is 11.1 Å². The largest absolute Gasteiger partial charge is 0.444 e. The molecule has 0 unspecified atom stereocenters. The van der Waals surface area contributed by atoms with Gasteiger partial charge in [0.1, 0.15) is 10.6 Å². The summed E-state index contributed by atoms with van der Waals surface area (Å²) in [5.41, 5.74) is 9.16. The van der Waals surface area contributed by atoms with Gasteiger partial charge in [-0.15, -0.1) is 0 Å². The number of nitrogens with two attached hydrogens (primary N) is 1. The van der Waals surface area contributed by atoms with Crippen molar-refractivity contribution >= 4 is 58.6 Å². The number of anilines is 3. The molecule has 0 saturated carbocycles. The average molecular weight is 501 g/mol. The third-order valence-corrected chi connectivity index (χ3v) is 4.93. The van der Waals surface area contributed by atoms with E-state index in [9.17, 15) is 4.79 Å². The van der Waals surface area contributed by atoms with Crippen LogP contribution in [0.4, 0.5) is 22.0 Å². The number of benzene rings is 1. The summed E-state index contributed by atoms with van der Waals surface area (Å²) in [6, 6.07) is 7.52. The second-order valence-corrected chi connectivity index (χ2v) is 9.34. The van der Waals surface area contributed by atoms with Crippen molar-refractivity contribution in [3.05, 3.63) is 69.9 Å². The maximum atomic E-state index is 12.5. The summed E-state index contributed by atoms with van der Waals surface area (Å²) in [4.78, 5) is 26.1. The van der Waals surface area contributed by atoms with Crippen molar-refractivity contribution in [3.63, 3.8) is 0 Å². The molecule has 3 N–H and O–H groups in total. The Morgan fingerprint density at radius 2 is 1.94 bits per heavy atom. The number of amides is 1. The molecule has 8 nitrogen and oxygen atoms in total. The number of hydrogen-bond donors (Lipinski definition) is 2. The molecule has 0 fully saturated rings. The van der Waals surface area contributed by atoms with E-state index in [2.05, 4.69) is 20.3 Å². The molecule has 1 amide bonds. The minimum Gasteiger partial charge on any atom is -0.444 e. The summed E-state index contributed by atoms with van der Waals surface area (Å²) in [5, 5.41) is 3.57. The molecule has 0 aliphatic carbocycles. The third kappa shape index (κ3) is 7.33. The third-order valence-electron chi connectivity index (χ3n) is 4.47. The van der Waals surface area contributed by atoms with E-state index >= 15 is 0 Å². The van der Waals surface area contributed by atoms with Crippen molar-refractivity contribution in [2.75, 3.05) is 18.1 Å². The SMILES string of the molecule is CN(Cc1ccc(Nc2nc(Cl)ncc2Cl)cc1/C=C/c1cncc(N)c1)C(=O)OC(C)(C)C. The van der Waals surface area contributed by atoms with Gasteiger partial charge < -0.3 is 20.7 Å². The lowest BCUT2D eigenvalue weighted by Crippen LogP contribution is -2.33. The molecule has 0 atom stereocenters. The summed E-state index contributed by atoms with van der Waals surface area (Å²) < 4.78 is 5.47. The summed E-state index contributed by atoms with van der Waals surface area (Å²) in [6.07, 6.45) is 8.13. The van der Waals surface area contributed by atoms with Crippen LogP contribution in [-0.2, 0) is 11.3 Å². The van der Waals surface area contributed by atoms with Gasteiger partial charge >= 0.3 is 6.09 Å². The van der Waals surface area contributed by atoms with E-state index in [0.29, 0.717) is 23.1 Å². The number of ether oxygens (including phenoxy) is 1. The van der Waals surface area contributed by atoms with Crippen LogP contribution in [0, 0.1) is 0 Å². The maximum absolute atomic E-state index is 12.5. The number of rotatable bonds is 6. The van der Waals surface area contributed by atoms with Crippen LogP contribution in [0.5, 0.6) is 0 Å². The first-order valence-corrected chi connectivity index (χ1v) is 11.2. The van der Waals surface area contributed by atoms with Gasteiger partial charge in [0.15, 0.2) is 5.82 Å². The second-order valence-electron chi connectivity index (χ2n) is 8.60. The predicted octanol–water partition coefficient (Wildman–Crippen LogP) is 6.04. The maximum Gasteiger partial charge on any atom is 0.410 e. The summed E-state index contributed by atoms with van der Waals surface area (Å²) in [5.74, 6) is 0.384. The lowest BCUT2D eigenvalue weighted by molar-refractivity contribution is 0.0285. The molecule has 2 heterocycles. The minimum absolute atomic E-state index is 0.0804. The molecule has 0 bridgehead atoms. The molecule has 2 aromatic heterocycles. The number of aromatic nitrogens is 3. The van der Waals surface area contributed by atoms with Crippen LogP contribution in [0.3, 0.4) is 0 Å². The fourth-order valence-electron chi connectivity index (χ4n) is 2.96. The number of carbonyl (C=O) groups excluding carboxylic acids is 1. The molecule has 3 aromatic rings. The molecule has 0 aliphatic rings. The highest BCUT2D eigenvalue weighted by Crippen LogP contribution is 2.27. The van der Waals surface area contributed by atoms with Crippen molar-refractivity contribution in [1.82, 2.24) is 19.9 Å². The topological polar surface area (TPSA) is 106 Å². The molecule has 1 aromatic carbocycles. The Morgan fingerprint density at radius 3 is 2.65 bits per heavy atom. The highest BCUT2D eigenvalue weighted by Gasteiger charge is 2.20. The number of nitrogens with zero attached hydrogens (tertiary/aromatic N) is 4. The van der Waals surface area contributed by atoms with Crippen molar-refractivity contribution in [1.29, 1.82) is 0 Å². The molecule has 0 saturated heterocycles. The Morgan fingerprint density at radius 1 is 1.18 bits per heavy atom. The van der Waals surface area contributed by atoms with Gasteiger partial charge in [-0.25, -0.2) is 9.78 Å². The minimum atomic E-state index is -0.583. The van der Waals surface area contributed by atoms with Gasteiger partial charge in [-0.05, 0) is 67.3 Å². The molecule has 10 heteroatoms. The van der Waals surface area contributed by atoms with Crippen LogP contribution in [-0.4, -0.2) is 38.6 Å². The van der Waals surface area contributed by atoms with E-state index < -0.39 is 11.7 Å². The molecule has 178 valence electrons. The highest BCUT2D eigenvalue weighted by atomic mass is 35.5. The zero-order valence-electron chi connectivity index (χ0n) is 19.3. The fourth-order valence-corrected chi connectivity index (χ4v) is 3.23. The van der Waals surface area contributed by atoms with Crippen LogP contribution in [0.15, 0.2) is 42.9 Å². The smallest absolute Gasteiger partial charge is 0.410 e. The number of nitrogens with one attached hydrogen (secondary N) is 1. The molecular weight excluding hydrogens is 475 g/mol.